The first-order valence-corrected chi connectivity index (χ1v) is 5.71. The number of carboxylic acids is 1. The van der Waals surface area contributed by atoms with E-state index in [0.29, 0.717) is 0 Å². The lowest BCUT2D eigenvalue weighted by atomic mass is 10.2. The summed E-state index contributed by atoms with van der Waals surface area (Å²) >= 11 is 0. The molecule has 94 valence electrons. The molecule has 0 aliphatic heterocycles. The number of carbonyl (C=O) groups excluding carboxylic acids is 1. The third-order valence-electron chi connectivity index (χ3n) is 2.45. The van der Waals surface area contributed by atoms with Crippen LogP contribution in [0.15, 0.2) is 18.5 Å². The van der Waals surface area contributed by atoms with Crippen molar-refractivity contribution in [2.75, 3.05) is 0 Å². The van der Waals surface area contributed by atoms with E-state index in [4.69, 9.17) is 5.11 Å². The van der Waals surface area contributed by atoms with Gasteiger partial charge in [-0.3, -0.25) is 4.79 Å². The maximum absolute atomic E-state index is 11.6. The lowest BCUT2D eigenvalue weighted by molar-refractivity contribution is -0.122. The maximum atomic E-state index is 11.6. The number of nitrogens with zero attached hydrogens (tertiary/aromatic N) is 1. The molecule has 1 rings (SSSR count). The van der Waals surface area contributed by atoms with Crippen LogP contribution >= 0.6 is 0 Å². The molecule has 0 saturated carbocycles. The van der Waals surface area contributed by atoms with Crippen molar-refractivity contribution in [3.63, 3.8) is 0 Å². The Morgan fingerprint density at radius 3 is 2.76 bits per heavy atom. The maximum Gasteiger partial charge on any atom is 0.337 e. The molecule has 1 aromatic heterocycles. The summed E-state index contributed by atoms with van der Waals surface area (Å²) in [5.74, 6) is -1.08. The highest BCUT2D eigenvalue weighted by molar-refractivity contribution is 5.87. The molecule has 0 bridgehead atoms. The van der Waals surface area contributed by atoms with E-state index < -0.39 is 5.97 Å². The van der Waals surface area contributed by atoms with Gasteiger partial charge in [-0.25, -0.2) is 4.79 Å². The Morgan fingerprint density at radius 2 is 2.24 bits per heavy atom. The van der Waals surface area contributed by atoms with Crippen LogP contribution in [0.1, 0.15) is 37.0 Å². The van der Waals surface area contributed by atoms with Crippen LogP contribution in [0, 0.1) is 0 Å². The fourth-order valence-corrected chi connectivity index (χ4v) is 1.66. The van der Waals surface area contributed by atoms with Gasteiger partial charge in [-0.15, -0.1) is 0 Å². The zero-order chi connectivity index (χ0) is 12.8. The minimum absolute atomic E-state index is 0.0986. The predicted octanol–water partition coefficient (Wildman–Crippen LogP) is 1.49. The topological polar surface area (TPSA) is 71.3 Å². The van der Waals surface area contributed by atoms with E-state index in [2.05, 4.69) is 12.2 Å². The first-order valence-electron chi connectivity index (χ1n) is 5.71. The molecular weight excluding hydrogens is 220 g/mol. The molecule has 1 amide bonds. The molecule has 0 aliphatic rings. The highest BCUT2D eigenvalue weighted by Crippen LogP contribution is 2.01. The Morgan fingerprint density at radius 1 is 1.53 bits per heavy atom. The molecule has 0 radical (unpaired) electrons. The summed E-state index contributed by atoms with van der Waals surface area (Å²) < 4.78 is 1.57. The minimum Gasteiger partial charge on any atom is -0.478 e. The molecule has 0 aliphatic carbocycles. The number of rotatable bonds is 6. The number of nitrogens with one attached hydrogen (secondary N) is 1. The number of aromatic nitrogens is 1. The second-order valence-corrected chi connectivity index (χ2v) is 4.13. The highest BCUT2D eigenvalue weighted by atomic mass is 16.4. The molecule has 1 heterocycles. The fourth-order valence-electron chi connectivity index (χ4n) is 1.66. The fraction of sp³-hybridized carbons (Fsp3) is 0.500. The molecule has 0 fully saturated rings. The van der Waals surface area contributed by atoms with Gasteiger partial charge in [0.1, 0.15) is 6.54 Å². The van der Waals surface area contributed by atoms with Crippen LogP contribution in [-0.2, 0) is 11.3 Å². The summed E-state index contributed by atoms with van der Waals surface area (Å²) in [5.41, 5.74) is 0.194. The van der Waals surface area contributed by atoms with Crippen molar-refractivity contribution < 1.29 is 14.7 Å². The average molecular weight is 238 g/mol. The molecule has 5 heteroatoms. The Bertz CT molecular complexity index is 398. The van der Waals surface area contributed by atoms with Crippen LogP contribution < -0.4 is 5.32 Å². The Balaban J connectivity index is 2.47. The van der Waals surface area contributed by atoms with Gasteiger partial charge in [0.15, 0.2) is 0 Å². The first-order chi connectivity index (χ1) is 8.02. The monoisotopic (exact) mass is 238 g/mol. The normalized spacial score (nSPS) is 12.1. The van der Waals surface area contributed by atoms with Crippen molar-refractivity contribution in [3.8, 4) is 0 Å². The van der Waals surface area contributed by atoms with Crippen molar-refractivity contribution >= 4 is 11.9 Å². The molecule has 1 unspecified atom stereocenters. The largest absolute Gasteiger partial charge is 0.478 e. The zero-order valence-corrected chi connectivity index (χ0v) is 10.1. The summed E-state index contributed by atoms with van der Waals surface area (Å²) in [7, 11) is 0. The Hall–Kier alpha value is -1.78. The molecule has 2 N–H and O–H groups in total. The third-order valence-corrected chi connectivity index (χ3v) is 2.45. The highest BCUT2D eigenvalue weighted by Gasteiger charge is 2.09. The molecule has 0 aromatic carbocycles. The van der Waals surface area contributed by atoms with Gasteiger partial charge >= 0.3 is 5.97 Å². The van der Waals surface area contributed by atoms with Gasteiger partial charge < -0.3 is 15.0 Å². The summed E-state index contributed by atoms with van der Waals surface area (Å²) in [6.45, 7) is 4.18. The molecule has 0 saturated heterocycles. The first kappa shape index (κ1) is 13.3. The average Bonchev–Trinajstić information content (AvgIpc) is 2.66. The number of carbonyl (C=O) groups is 2. The summed E-state index contributed by atoms with van der Waals surface area (Å²) in [4.78, 5) is 22.2. The smallest absolute Gasteiger partial charge is 0.337 e. The van der Waals surface area contributed by atoms with E-state index in [0.717, 1.165) is 12.8 Å². The van der Waals surface area contributed by atoms with Gasteiger partial charge in [0.05, 0.1) is 5.56 Å². The van der Waals surface area contributed by atoms with Gasteiger partial charge in [-0.2, -0.15) is 0 Å². The Labute approximate surface area is 100 Å². The molecule has 17 heavy (non-hydrogen) atoms. The van der Waals surface area contributed by atoms with Crippen LogP contribution in [-0.4, -0.2) is 27.6 Å². The lowest BCUT2D eigenvalue weighted by Gasteiger charge is -2.12. The van der Waals surface area contributed by atoms with Crippen molar-refractivity contribution in [3.05, 3.63) is 24.0 Å². The van der Waals surface area contributed by atoms with Crippen LogP contribution in [0.3, 0.4) is 0 Å². The summed E-state index contributed by atoms with van der Waals surface area (Å²) in [6, 6.07) is 1.63. The number of hydrogen-bond donors (Lipinski definition) is 2. The summed E-state index contributed by atoms with van der Waals surface area (Å²) in [5, 5.41) is 11.6. The van der Waals surface area contributed by atoms with E-state index in [1.165, 1.54) is 12.3 Å². The van der Waals surface area contributed by atoms with Gasteiger partial charge in [0, 0.05) is 18.4 Å². The predicted molar refractivity (Wildman–Crippen MR) is 63.9 cm³/mol. The van der Waals surface area contributed by atoms with Gasteiger partial charge in [-0.05, 0) is 19.4 Å². The van der Waals surface area contributed by atoms with Crippen molar-refractivity contribution in [2.24, 2.45) is 0 Å². The summed E-state index contributed by atoms with van der Waals surface area (Å²) in [6.07, 6.45) is 5.01. The van der Waals surface area contributed by atoms with E-state index in [1.807, 2.05) is 6.92 Å². The van der Waals surface area contributed by atoms with E-state index in [-0.39, 0.29) is 24.1 Å². The molecule has 1 aromatic rings. The van der Waals surface area contributed by atoms with Crippen LogP contribution in [0.4, 0.5) is 0 Å². The SMILES string of the molecule is CCCC(C)NC(=O)Cn1ccc(C(=O)O)c1. The van der Waals surface area contributed by atoms with Gasteiger partial charge in [0.25, 0.3) is 0 Å². The standard InChI is InChI=1S/C12H18N2O3/c1-3-4-9(2)13-11(15)8-14-6-5-10(7-14)12(16)17/h5-7,9H,3-4,8H2,1-2H3,(H,13,15)(H,16,17). The molecule has 1 atom stereocenters. The number of amides is 1. The van der Waals surface area contributed by atoms with Crippen LogP contribution in [0.5, 0.6) is 0 Å². The molecular formula is C12H18N2O3. The van der Waals surface area contributed by atoms with Crippen molar-refractivity contribution in [1.82, 2.24) is 9.88 Å². The van der Waals surface area contributed by atoms with E-state index in [1.54, 1.807) is 10.8 Å². The second kappa shape index (κ2) is 6.08. The second-order valence-electron chi connectivity index (χ2n) is 4.13. The molecule has 5 nitrogen and oxygen atoms in total. The van der Waals surface area contributed by atoms with Crippen molar-refractivity contribution in [1.29, 1.82) is 0 Å². The van der Waals surface area contributed by atoms with Crippen LogP contribution in [0.25, 0.3) is 0 Å². The lowest BCUT2D eigenvalue weighted by Crippen LogP contribution is -2.34. The van der Waals surface area contributed by atoms with Gasteiger partial charge in [0.2, 0.25) is 5.91 Å². The number of carboxylic acid groups (broad SMARTS) is 1. The van der Waals surface area contributed by atoms with E-state index >= 15 is 0 Å². The Kier molecular flexibility index (Phi) is 4.75. The third kappa shape index (κ3) is 4.30. The number of hydrogen-bond acceptors (Lipinski definition) is 2. The van der Waals surface area contributed by atoms with Gasteiger partial charge in [-0.1, -0.05) is 13.3 Å². The zero-order valence-electron chi connectivity index (χ0n) is 10.1. The number of aromatic carboxylic acids is 1. The van der Waals surface area contributed by atoms with E-state index in [9.17, 15) is 9.59 Å². The van der Waals surface area contributed by atoms with Crippen molar-refractivity contribution in [2.45, 2.75) is 39.3 Å². The molecule has 0 spiro atoms. The van der Waals surface area contributed by atoms with Crippen LogP contribution in [0.2, 0.25) is 0 Å². The minimum atomic E-state index is -0.983. The quantitative estimate of drug-likeness (QED) is 0.788.